The van der Waals surface area contributed by atoms with Crippen LogP contribution in [0.3, 0.4) is 0 Å². The quantitative estimate of drug-likeness (QED) is 0.722. The van der Waals surface area contributed by atoms with E-state index in [1.165, 1.54) is 14.7 Å². The normalized spacial score (nSPS) is 10.4. The summed E-state index contributed by atoms with van der Waals surface area (Å²) in [6, 6.07) is 16.5. The van der Waals surface area contributed by atoms with Gasteiger partial charge in [-0.25, -0.2) is 0 Å². The second kappa shape index (κ2) is 6.85. The van der Waals surface area contributed by atoms with Crippen LogP contribution in [0, 0.1) is 10.5 Å². The number of rotatable bonds is 5. The van der Waals surface area contributed by atoms with Crippen molar-refractivity contribution in [2.45, 2.75) is 26.2 Å². The fourth-order valence-electron chi connectivity index (χ4n) is 2.07. The molecule has 19 heavy (non-hydrogen) atoms. The molecule has 0 atom stereocenters. The third kappa shape index (κ3) is 4.78. The van der Waals surface area contributed by atoms with Gasteiger partial charge in [-0.3, -0.25) is 4.79 Å². The lowest BCUT2D eigenvalue weighted by molar-refractivity contribution is -0.118. The molecular weight excluding hydrogens is 347 g/mol. The van der Waals surface area contributed by atoms with E-state index in [-0.39, 0.29) is 0 Å². The Balaban J connectivity index is 1.86. The Morgan fingerprint density at radius 1 is 1.05 bits per heavy atom. The molecule has 1 nitrogen and oxygen atoms in total. The molecule has 0 saturated carbocycles. The standard InChI is InChI=1S/C17H17IO/c1-13-3-2-4-14(11-13)7-10-17(19)12-15-5-8-16(18)9-6-15/h2-6,8-9,11H,7,10,12H2,1H3. The summed E-state index contributed by atoms with van der Waals surface area (Å²) in [4.78, 5) is 12.0. The van der Waals surface area contributed by atoms with E-state index < -0.39 is 0 Å². The topological polar surface area (TPSA) is 17.1 Å². The third-order valence-electron chi connectivity index (χ3n) is 3.09. The largest absolute Gasteiger partial charge is 0.299 e. The second-order valence-electron chi connectivity index (χ2n) is 4.83. The Labute approximate surface area is 128 Å². The van der Waals surface area contributed by atoms with Gasteiger partial charge in [0, 0.05) is 16.4 Å². The molecule has 0 saturated heterocycles. The number of benzene rings is 2. The fourth-order valence-corrected chi connectivity index (χ4v) is 2.43. The van der Waals surface area contributed by atoms with Gasteiger partial charge >= 0.3 is 0 Å². The SMILES string of the molecule is Cc1cccc(CCC(=O)Cc2ccc(I)cc2)c1. The lowest BCUT2D eigenvalue weighted by Crippen LogP contribution is -2.04. The molecule has 0 unspecified atom stereocenters. The Bertz CT molecular complexity index is 558. The van der Waals surface area contributed by atoms with E-state index >= 15 is 0 Å². The molecule has 0 heterocycles. The van der Waals surface area contributed by atoms with Crippen LogP contribution in [0.25, 0.3) is 0 Å². The first-order valence-electron chi connectivity index (χ1n) is 6.45. The van der Waals surface area contributed by atoms with Crippen molar-refractivity contribution in [3.63, 3.8) is 0 Å². The van der Waals surface area contributed by atoms with Crippen LogP contribution in [0.1, 0.15) is 23.1 Å². The van der Waals surface area contributed by atoms with E-state index in [2.05, 4.69) is 47.7 Å². The van der Waals surface area contributed by atoms with Crippen molar-refractivity contribution in [2.75, 3.05) is 0 Å². The zero-order valence-electron chi connectivity index (χ0n) is 11.0. The smallest absolute Gasteiger partial charge is 0.137 e. The minimum atomic E-state index is 0.308. The number of hydrogen-bond donors (Lipinski definition) is 0. The molecule has 0 N–H and O–H groups in total. The molecule has 2 rings (SSSR count). The van der Waals surface area contributed by atoms with Gasteiger partial charge in [-0.05, 0) is 59.2 Å². The first-order valence-corrected chi connectivity index (χ1v) is 7.53. The number of carbonyl (C=O) groups excluding carboxylic acids is 1. The summed E-state index contributed by atoms with van der Waals surface area (Å²) in [5.74, 6) is 0.308. The summed E-state index contributed by atoms with van der Waals surface area (Å²) in [6.07, 6.45) is 2.00. The number of Topliss-reactive ketones (excluding diaryl/α,β-unsaturated/α-hetero) is 1. The molecule has 0 aromatic heterocycles. The Morgan fingerprint density at radius 3 is 2.47 bits per heavy atom. The van der Waals surface area contributed by atoms with E-state index in [0.717, 1.165) is 12.0 Å². The van der Waals surface area contributed by atoms with Crippen molar-refractivity contribution in [3.8, 4) is 0 Å². The molecule has 2 aromatic rings. The molecular formula is C17H17IO. The molecule has 0 aliphatic carbocycles. The maximum Gasteiger partial charge on any atom is 0.137 e. The monoisotopic (exact) mass is 364 g/mol. The van der Waals surface area contributed by atoms with Crippen LogP contribution in [-0.4, -0.2) is 5.78 Å². The first-order chi connectivity index (χ1) is 9.13. The highest BCUT2D eigenvalue weighted by Crippen LogP contribution is 2.10. The van der Waals surface area contributed by atoms with Gasteiger partial charge in [0.25, 0.3) is 0 Å². The lowest BCUT2D eigenvalue weighted by atomic mass is 10.0. The molecule has 0 radical (unpaired) electrons. The fraction of sp³-hybridized carbons (Fsp3) is 0.235. The third-order valence-corrected chi connectivity index (χ3v) is 3.81. The van der Waals surface area contributed by atoms with Crippen molar-refractivity contribution in [2.24, 2.45) is 0 Å². The van der Waals surface area contributed by atoms with Crippen LogP contribution < -0.4 is 0 Å². The van der Waals surface area contributed by atoms with Crippen LogP contribution >= 0.6 is 22.6 Å². The van der Waals surface area contributed by atoms with Gasteiger partial charge in [0.1, 0.15) is 5.78 Å². The summed E-state index contributed by atoms with van der Waals surface area (Å²) in [7, 11) is 0. The van der Waals surface area contributed by atoms with Crippen LogP contribution in [0.4, 0.5) is 0 Å². The average molecular weight is 364 g/mol. The number of hydrogen-bond acceptors (Lipinski definition) is 1. The van der Waals surface area contributed by atoms with Gasteiger partial charge in [-0.2, -0.15) is 0 Å². The molecule has 0 amide bonds. The van der Waals surface area contributed by atoms with Gasteiger partial charge in [0.05, 0.1) is 0 Å². The summed E-state index contributed by atoms with van der Waals surface area (Å²) < 4.78 is 1.20. The molecule has 0 fully saturated rings. The van der Waals surface area contributed by atoms with E-state index in [1.807, 2.05) is 30.3 Å². The molecule has 98 valence electrons. The highest BCUT2D eigenvalue weighted by Gasteiger charge is 2.04. The van der Waals surface area contributed by atoms with Crippen LogP contribution in [0.15, 0.2) is 48.5 Å². The summed E-state index contributed by atoms with van der Waals surface area (Å²) in [6.45, 7) is 2.08. The van der Waals surface area contributed by atoms with Crippen molar-refractivity contribution >= 4 is 28.4 Å². The number of halogens is 1. The van der Waals surface area contributed by atoms with Gasteiger partial charge in [0.15, 0.2) is 0 Å². The van der Waals surface area contributed by atoms with Crippen molar-refractivity contribution in [3.05, 3.63) is 68.8 Å². The zero-order valence-corrected chi connectivity index (χ0v) is 13.2. The molecule has 0 bridgehead atoms. The molecule has 2 heteroatoms. The maximum atomic E-state index is 12.0. The van der Waals surface area contributed by atoms with Gasteiger partial charge in [-0.15, -0.1) is 0 Å². The minimum absolute atomic E-state index is 0.308. The Hall–Kier alpha value is -1.16. The molecule has 0 spiro atoms. The summed E-state index contributed by atoms with van der Waals surface area (Å²) in [5, 5.41) is 0. The predicted octanol–water partition coefficient (Wildman–Crippen LogP) is 4.34. The van der Waals surface area contributed by atoms with Gasteiger partial charge < -0.3 is 0 Å². The van der Waals surface area contributed by atoms with Crippen LogP contribution in [-0.2, 0) is 17.6 Å². The van der Waals surface area contributed by atoms with Crippen LogP contribution in [0.2, 0.25) is 0 Å². The first kappa shape index (κ1) is 14.3. The predicted molar refractivity (Wildman–Crippen MR) is 87.4 cm³/mol. The van der Waals surface area contributed by atoms with Gasteiger partial charge in [0.2, 0.25) is 0 Å². The van der Waals surface area contributed by atoms with Gasteiger partial charge in [-0.1, -0.05) is 42.0 Å². The second-order valence-corrected chi connectivity index (χ2v) is 6.08. The highest BCUT2D eigenvalue weighted by molar-refractivity contribution is 14.1. The van der Waals surface area contributed by atoms with Crippen LogP contribution in [0.5, 0.6) is 0 Å². The van der Waals surface area contributed by atoms with E-state index in [0.29, 0.717) is 18.6 Å². The van der Waals surface area contributed by atoms with E-state index in [1.54, 1.807) is 0 Å². The van der Waals surface area contributed by atoms with E-state index in [9.17, 15) is 4.79 Å². The average Bonchev–Trinajstić information content (AvgIpc) is 2.39. The number of carbonyl (C=O) groups is 1. The molecule has 0 aliphatic rings. The molecule has 0 aliphatic heterocycles. The summed E-state index contributed by atoms with van der Waals surface area (Å²) >= 11 is 2.27. The Morgan fingerprint density at radius 2 is 1.79 bits per heavy atom. The highest BCUT2D eigenvalue weighted by atomic mass is 127. The van der Waals surface area contributed by atoms with E-state index in [4.69, 9.17) is 0 Å². The molecule has 2 aromatic carbocycles. The number of ketones is 1. The van der Waals surface area contributed by atoms with Crippen molar-refractivity contribution in [1.29, 1.82) is 0 Å². The zero-order chi connectivity index (χ0) is 13.7. The van der Waals surface area contributed by atoms with Crippen molar-refractivity contribution in [1.82, 2.24) is 0 Å². The summed E-state index contributed by atoms with van der Waals surface area (Å²) in [5.41, 5.74) is 3.60. The Kier molecular flexibility index (Phi) is 5.14. The van der Waals surface area contributed by atoms with Crippen molar-refractivity contribution < 1.29 is 4.79 Å². The maximum absolute atomic E-state index is 12.0. The minimum Gasteiger partial charge on any atom is -0.299 e. The number of aryl methyl sites for hydroxylation is 2. The lowest BCUT2D eigenvalue weighted by Gasteiger charge is -2.03.